The number of carbonyl (C=O) groups is 1. The summed E-state index contributed by atoms with van der Waals surface area (Å²) in [5.41, 5.74) is 1.52. The standard InChI is InChI=1S/C16H12F3N3O2S/c1-9-3-2-4-12(20-9)14(23)22-15-21-11-6-5-10(7-13(11)25-15)24-8-16(17,18)19/h2-7H,8H2,1H3,(H,21,22,23). The van der Waals surface area contributed by atoms with E-state index in [1.54, 1.807) is 25.1 Å². The first-order valence-electron chi connectivity index (χ1n) is 7.15. The fourth-order valence-electron chi connectivity index (χ4n) is 2.04. The molecule has 1 N–H and O–H groups in total. The number of hydrogen-bond donors (Lipinski definition) is 1. The molecule has 0 fully saturated rings. The molecule has 0 bridgehead atoms. The molecule has 2 aromatic heterocycles. The van der Waals surface area contributed by atoms with E-state index >= 15 is 0 Å². The second-order valence-corrected chi connectivity index (χ2v) is 6.20. The fraction of sp³-hybridized carbons (Fsp3) is 0.188. The van der Waals surface area contributed by atoms with Crippen molar-refractivity contribution in [3.05, 3.63) is 47.8 Å². The molecule has 2 heterocycles. The fourth-order valence-corrected chi connectivity index (χ4v) is 2.93. The minimum absolute atomic E-state index is 0.0895. The van der Waals surface area contributed by atoms with Gasteiger partial charge in [0.25, 0.3) is 5.91 Å². The smallest absolute Gasteiger partial charge is 0.422 e. The predicted octanol–water partition coefficient (Wildman–Crippen LogP) is 4.19. The Balaban J connectivity index is 1.76. The first-order valence-corrected chi connectivity index (χ1v) is 7.97. The first kappa shape index (κ1) is 17.2. The van der Waals surface area contributed by atoms with E-state index in [-0.39, 0.29) is 11.4 Å². The normalized spacial score (nSPS) is 11.5. The zero-order chi connectivity index (χ0) is 18.0. The molecule has 1 amide bonds. The molecule has 0 radical (unpaired) electrons. The Bertz CT molecular complexity index is 924. The van der Waals surface area contributed by atoms with Gasteiger partial charge in [0.05, 0.1) is 10.2 Å². The lowest BCUT2D eigenvalue weighted by molar-refractivity contribution is -0.153. The van der Waals surface area contributed by atoms with E-state index in [4.69, 9.17) is 4.74 Å². The number of rotatable bonds is 4. The molecule has 3 aromatic rings. The maximum absolute atomic E-state index is 12.2. The van der Waals surface area contributed by atoms with Gasteiger partial charge in [0.15, 0.2) is 11.7 Å². The molecule has 1 aromatic carbocycles. The molecule has 0 spiro atoms. The summed E-state index contributed by atoms with van der Waals surface area (Å²) in [6.07, 6.45) is -4.40. The second kappa shape index (κ2) is 6.67. The minimum Gasteiger partial charge on any atom is -0.484 e. The van der Waals surface area contributed by atoms with E-state index < -0.39 is 18.7 Å². The summed E-state index contributed by atoms with van der Waals surface area (Å²) in [4.78, 5) is 20.5. The maximum Gasteiger partial charge on any atom is 0.422 e. The SMILES string of the molecule is Cc1cccc(C(=O)Nc2nc3ccc(OCC(F)(F)F)cc3s2)n1. The van der Waals surface area contributed by atoms with Crippen LogP contribution >= 0.6 is 11.3 Å². The van der Waals surface area contributed by atoms with Crippen LogP contribution in [0, 0.1) is 6.92 Å². The Morgan fingerprint density at radius 3 is 2.76 bits per heavy atom. The largest absolute Gasteiger partial charge is 0.484 e. The molecule has 3 rings (SSSR count). The summed E-state index contributed by atoms with van der Waals surface area (Å²) in [6, 6.07) is 9.48. The number of amides is 1. The molecular formula is C16H12F3N3O2S. The topological polar surface area (TPSA) is 64.1 Å². The third-order valence-corrected chi connectivity index (χ3v) is 4.04. The first-order chi connectivity index (χ1) is 11.8. The van der Waals surface area contributed by atoms with Gasteiger partial charge in [-0.25, -0.2) is 9.97 Å². The summed E-state index contributed by atoms with van der Waals surface area (Å²) in [5.74, 6) is -0.317. The highest BCUT2D eigenvalue weighted by atomic mass is 32.1. The van der Waals surface area contributed by atoms with Crippen molar-refractivity contribution >= 4 is 32.6 Å². The van der Waals surface area contributed by atoms with Crippen LogP contribution in [0.15, 0.2) is 36.4 Å². The number of benzene rings is 1. The van der Waals surface area contributed by atoms with E-state index in [2.05, 4.69) is 15.3 Å². The lowest BCUT2D eigenvalue weighted by atomic mass is 10.3. The van der Waals surface area contributed by atoms with E-state index in [0.717, 1.165) is 11.3 Å². The summed E-state index contributed by atoms with van der Waals surface area (Å²) in [6.45, 7) is 0.414. The lowest BCUT2D eigenvalue weighted by Crippen LogP contribution is -2.19. The van der Waals surface area contributed by atoms with Crippen LogP contribution in [0.3, 0.4) is 0 Å². The molecule has 0 unspecified atom stereocenters. The van der Waals surface area contributed by atoms with Crippen molar-refractivity contribution in [1.82, 2.24) is 9.97 Å². The van der Waals surface area contributed by atoms with Crippen molar-refractivity contribution in [2.24, 2.45) is 0 Å². The van der Waals surface area contributed by atoms with Gasteiger partial charge in [0, 0.05) is 5.69 Å². The van der Waals surface area contributed by atoms with Gasteiger partial charge in [-0.3, -0.25) is 10.1 Å². The van der Waals surface area contributed by atoms with E-state index in [1.165, 1.54) is 18.2 Å². The van der Waals surface area contributed by atoms with Crippen LogP contribution in [0.2, 0.25) is 0 Å². The van der Waals surface area contributed by atoms with Gasteiger partial charge in [-0.2, -0.15) is 13.2 Å². The third kappa shape index (κ3) is 4.44. The van der Waals surface area contributed by atoms with Crippen molar-refractivity contribution in [2.45, 2.75) is 13.1 Å². The number of aromatic nitrogens is 2. The van der Waals surface area contributed by atoms with Crippen LogP contribution in [-0.2, 0) is 0 Å². The van der Waals surface area contributed by atoms with Crippen molar-refractivity contribution < 1.29 is 22.7 Å². The molecule has 5 nitrogen and oxygen atoms in total. The number of anilines is 1. The summed E-state index contributed by atoms with van der Waals surface area (Å²) in [7, 11) is 0. The minimum atomic E-state index is -4.40. The quantitative estimate of drug-likeness (QED) is 0.751. The number of nitrogens with one attached hydrogen (secondary N) is 1. The number of nitrogens with zero attached hydrogens (tertiary/aromatic N) is 2. The molecule has 0 saturated carbocycles. The van der Waals surface area contributed by atoms with E-state index in [0.29, 0.717) is 21.0 Å². The van der Waals surface area contributed by atoms with E-state index in [9.17, 15) is 18.0 Å². The number of carbonyl (C=O) groups excluding carboxylic acids is 1. The Morgan fingerprint density at radius 1 is 1.24 bits per heavy atom. The van der Waals surface area contributed by atoms with Crippen LogP contribution in [0.5, 0.6) is 5.75 Å². The number of halogens is 3. The molecule has 0 aliphatic carbocycles. The highest BCUT2D eigenvalue weighted by Gasteiger charge is 2.28. The van der Waals surface area contributed by atoms with Crippen LogP contribution in [0.25, 0.3) is 10.2 Å². The number of thiazole rings is 1. The number of pyridine rings is 1. The van der Waals surface area contributed by atoms with Crippen molar-refractivity contribution in [3.8, 4) is 5.75 Å². The summed E-state index contributed by atoms with van der Waals surface area (Å²) in [5, 5.41) is 2.97. The van der Waals surface area contributed by atoms with Crippen LogP contribution in [0.1, 0.15) is 16.2 Å². The van der Waals surface area contributed by atoms with Gasteiger partial charge >= 0.3 is 6.18 Å². The van der Waals surface area contributed by atoms with Crippen LogP contribution in [-0.4, -0.2) is 28.7 Å². The highest BCUT2D eigenvalue weighted by Crippen LogP contribution is 2.30. The number of aryl methyl sites for hydroxylation is 1. The summed E-state index contributed by atoms with van der Waals surface area (Å²) < 4.78 is 41.9. The lowest BCUT2D eigenvalue weighted by Gasteiger charge is -2.08. The molecule has 25 heavy (non-hydrogen) atoms. The Labute approximate surface area is 144 Å². The summed E-state index contributed by atoms with van der Waals surface area (Å²) >= 11 is 1.14. The number of hydrogen-bond acceptors (Lipinski definition) is 5. The molecule has 0 aliphatic heterocycles. The van der Waals surface area contributed by atoms with Gasteiger partial charge in [-0.05, 0) is 37.3 Å². The van der Waals surface area contributed by atoms with Crippen LogP contribution in [0.4, 0.5) is 18.3 Å². The van der Waals surface area contributed by atoms with Crippen molar-refractivity contribution in [3.63, 3.8) is 0 Å². The molecular weight excluding hydrogens is 355 g/mol. The van der Waals surface area contributed by atoms with Gasteiger partial charge < -0.3 is 4.74 Å². The van der Waals surface area contributed by atoms with Crippen LogP contribution < -0.4 is 10.1 Å². The van der Waals surface area contributed by atoms with Gasteiger partial charge in [0.2, 0.25) is 0 Å². The zero-order valence-corrected chi connectivity index (χ0v) is 13.7. The van der Waals surface area contributed by atoms with Gasteiger partial charge in [-0.15, -0.1) is 0 Å². The Hall–Kier alpha value is -2.68. The molecule has 9 heteroatoms. The van der Waals surface area contributed by atoms with Gasteiger partial charge in [-0.1, -0.05) is 17.4 Å². The monoisotopic (exact) mass is 367 g/mol. The van der Waals surface area contributed by atoms with Gasteiger partial charge in [0.1, 0.15) is 11.4 Å². The molecule has 0 saturated heterocycles. The van der Waals surface area contributed by atoms with Crippen molar-refractivity contribution in [2.75, 3.05) is 11.9 Å². The average molecular weight is 367 g/mol. The molecule has 0 atom stereocenters. The number of ether oxygens (including phenoxy) is 1. The predicted molar refractivity (Wildman–Crippen MR) is 88.1 cm³/mol. The average Bonchev–Trinajstić information content (AvgIpc) is 2.93. The Kier molecular flexibility index (Phi) is 4.58. The third-order valence-electron chi connectivity index (χ3n) is 3.10. The molecule has 130 valence electrons. The maximum atomic E-state index is 12.2. The second-order valence-electron chi connectivity index (χ2n) is 5.17. The number of fused-ring (bicyclic) bond motifs is 1. The zero-order valence-electron chi connectivity index (χ0n) is 12.9. The van der Waals surface area contributed by atoms with E-state index in [1.807, 2.05) is 0 Å². The molecule has 0 aliphatic rings. The van der Waals surface area contributed by atoms with Crippen molar-refractivity contribution in [1.29, 1.82) is 0 Å². The number of alkyl halides is 3. The Morgan fingerprint density at radius 2 is 2.04 bits per heavy atom. The highest BCUT2D eigenvalue weighted by molar-refractivity contribution is 7.22.